The largest absolute Gasteiger partial charge is 0.376 e. The summed E-state index contributed by atoms with van der Waals surface area (Å²) in [5.74, 6) is 0.886. The van der Waals surface area contributed by atoms with E-state index in [2.05, 4.69) is 15.2 Å². The Hall–Kier alpha value is -0.170. The molecule has 2 aliphatic heterocycles. The molecule has 0 bridgehead atoms. The van der Waals surface area contributed by atoms with Crippen molar-refractivity contribution in [1.82, 2.24) is 14.5 Å². The van der Waals surface area contributed by atoms with Crippen molar-refractivity contribution in [3.05, 3.63) is 0 Å². The van der Waals surface area contributed by atoms with E-state index in [0.29, 0.717) is 32.3 Å². The Morgan fingerprint density at radius 3 is 2.55 bits per heavy atom. The molecule has 172 valence electrons. The summed E-state index contributed by atoms with van der Waals surface area (Å²) < 4.78 is 36.6. The van der Waals surface area contributed by atoms with E-state index in [1.54, 1.807) is 7.05 Å². The lowest BCUT2D eigenvalue weighted by Gasteiger charge is -2.35. The minimum Gasteiger partial charge on any atom is -0.376 e. The molecule has 0 aromatic heterocycles. The van der Waals surface area contributed by atoms with Gasteiger partial charge in [-0.3, -0.25) is 4.99 Å². The number of aliphatic imine (C=N–C) groups is 1. The van der Waals surface area contributed by atoms with E-state index in [4.69, 9.17) is 9.47 Å². The van der Waals surface area contributed by atoms with Gasteiger partial charge in [-0.05, 0) is 38.5 Å². The minimum atomic E-state index is -3.12. The Labute approximate surface area is 193 Å². The first kappa shape index (κ1) is 26.9. The quantitative estimate of drug-likeness (QED) is 0.206. The van der Waals surface area contributed by atoms with Crippen LogP contribution in [0.15, 0.2) is 4.99 Å². The first-order chi connectivity index (χ1) is 13.4. The third-order valence-corrected chi connectivity index (χ3v) is 6.81. The molecule has 2 aliphatic rings. The van der Waals surface area contributed by atoms with Crippen molar-refractivity contribution in [3.8, 4) is 0 Å². The fraction of sp³-hybridized carbons (Fsp3) is 0.947. The number of hydrogen-bond acceptors (Lipinski definition) is 5. The molecule has 1 N–H and O–H groups in total. The third kappa shape index (κ3) is 9.67. The molecule has 1 atom stereocenters. The van der Waals surface area contributed by atoms with Crippen molar-refractivity contribution >= 4 is 40.0 Å². The summed E-state index contributed by atoms with van der Waals surface area (Å²) in [6, 6.07) is 0. The van der Waals surface area contributed by atoms with E-state index in [1.807, 2.05) is 6.92 Å². The summed E-state index contributed by atoms with van der Waals surface area (Å²) in [4.78, 5) is 6.64. The molecular formula is C19H39IN4O4S. The van der Waals surface area contributed by atoms with Crippen LogP contribution in [0.2, 0.25) is 0 Å². The smallest absolute Gasteiger partial charge is 0.211 e. The molecular weight excluding hydrogens is 507 g/mol. The molecule has 0 aromatic rings. The monoisotopic (exact) mass is 546 g/mol. The summed E-state index contributed by atoms with van der Waals surface area (Å²) >= 11 is 0. The number of piperidine rings is 1. The lowest BCUT2D eigenvalue weighted by molar-refractivity contribution is -0.0721. The van der Waals surface area contributed by atoms with Gasteiger partial charge in [-0.2, -0.15) is 0 Å². The molecule has 1 unspecified atom stereocenters. The van der Waals surface area contributed by atoms with Gasteiger partial charge in [-0.15, -0.1) is 24.0 Å². The number of hydrogen-bond donors (Lipinski definition) is 1. The molecule has 0 saturated carbocycles. The van der Waals surface area contributed by atoms with Crippen LogP contribution in [0, 0.1) is 0 Å². The fourth-order valence-corrected chi connectivity index (χ4v) is 4.69. The van der Waals surface area contributed by atoms with Crippen LogP contribution in [0.3, 0.4) is 0 Å². The van der Waals surface area contributed by atoms with Crippen LogP contribution in [-0.4, -0.2) is 95.0 Å². The molecule has 0 aromatic carbocycles. The molecule has 29 heavy (non-hydrogen) atoms. The maximum atomic E-state index is 11.6. The van der Waals surface area contributed by atoms with E-state index in [-0.39, 0.29) is 30.1 Å². The molecule has 0 amide bonds. The Kier molecular flexibility index (Phi) is 13.0. The molecule has 0 spiro atoms. The van der Waals surface area contributed by atoms with Crippen molar-refractivity contribution in [1.29, 1.82) is 0 Å². The highest BCUT2D eigenvalue weighted by Gasteiger charge is 2.23. The van der Waals surface area contributed by atoms with Gasteiger partial charge in [0, 0.05) is 46.4 Å². The van der Waals surface area contributed by atoms with E-state index in [9.17, 15) is 8.42 Å². The molecule has 2 fully saturated rings. The van der Waals surface area contributed by atoms with Crippen LogP contribution < -0.4 is 5.32 Å². The van der Waals surface area contributed by atoms with Crippen molar-refractivity contribution in [3.63, 3.8) is 0 Å². The van der Waals surface area contributed by atoms with Gasteiger partial charge in [0.1, 0.15) is 0 Å². The predicted octanol–water partition coefficient (Wildman–Crippen LogP) is 1.90. The fourth-order valence-electron chi connectivity index (χ4n) is 3.76. The van der Waals surface area contributed by atoms with E-state index in [1.165, 1.54) is 23.4 Å². The molecule has 0 aliphatic carbocycles. The summed E-state index contributed by atoms with van der Waals surface area (Å²) in [5, 5.41) is 3.36. The van der Waals surface area contributed by atoms with Crippen LogP contribution in [0.4, 0.5) is 0 Å². The van der Waals surface area contributed by atoms with Gasteiger partial charge in [0.2, 0.25) is 10.0 Å². The zero-order valence-electron chi connectivity index (χ0n) is 18.1. The first-order valence-corrected chi connectivity index (χ1v) is 12.4. The van der Waals surface area contributed by atoms with Crippen LogP contribution in [0.1, 0.15) is 45.4 Å². The first-order valence-electron chi connectivity index (χ1n) is 10.6. The summed E-state index contributed by atoms with van der Waals surface area (Å²) in [5.41, 5.74) is 0. The number of nitrogens with zero attached hydrogens (tertiary/aromatic N) is 3. The van der Waals surface area contributed by atoms with Crippen LogP contribution in [0.25, 0.3) is 0 Å². The van der Waals surface area contributed by atoms with Crippen LogP contribution >= 0.6 is 24.0 Å². The Balaban J connectivity index is 0.00000420. The van der Waals surface area contributed by atoms with Crippen molar-refractivity contribution in [2.75, 3.05) is 59.2 Å². The zero-order chi connectivity index (χ0) is 20.4. The molecule has 2 saturated heterocycles. The molecule has 0 radical (unpaired) electrons. The molecule has 2 rings (SSSR count). The highest BCUT2D eigenvalue weighted by atomic mass is 127. The minimum absolute atomic E-state index is 0. The number of guanidine groups is 1. The van der Waals surface area contributed by atoms with E-state index >= 15 is 0 Å². The van der Waals surface area contributed by atoms with Crippen molar-refractivity contribution in [2.24, 2.45) is 4.99 Å². The highest BCUT2D eigenvalue weighted by molar-refractivity contribution is 14.0. The Morgan fingerprint density at radius 1 is 1.28 bits per heavy atom. The number of sulfonamides is 1. The second-order valence-corrected chi connectivity index (χ2v) is 9.57. The van der Waals surface area contributed by atoms with Crippen molar-refractivity contribution in [2.45, 2.75) is 57.7 Å². The summed E-state index contributed by atoms with van der Waals surface area (Å²) in [6.07, 6.45) is 8.10. The third-order valence-electron chi connectivity index (χ3n) is 5.43. The molecule has 10 heteroatoms. The number of likely N-dealkylation sites (tertiary alicyclic amines) is 1. The number of nitrogens with one attached hydrogen (secondary N) is 1. The predicted molar refractivity (Wildman–Crippen MR) is 128 cm³/mol. The summed E-state index contributed by atoms with van der Waals surface area (Å²) in [7, 11) is -1.33. The average molecular weight is 547 g/mol. The topological polar surface area (TPSA) is 83.5 Å². The molecule has 8 nitrogen and oxygen atoms in total. The van der Waals surface area contributed by atoms with Gasteiger partial charge >= 0.3 is 0 Å². The van der Waals surface area contributed by atoms with Gasteiger partial charge < -0.3 is 19.7 Å². The highest BCUT2D eigenvalue weighted by Crippen LogP contribution is 2.18. The SMILES string of the molecule is CCN(CCCNC(=NC)N1CCC(OCC2CCCCO2)CC1)S(C)(=O)=O.I. The Bertz CT molecular complexity index is 577. The lowest BCUT2D eigenvalue weighted by Crippen LogP contribution is -2.47. The average Bonchev–Trinajstić information content (AvgIpc) is 2.69. The van der Waals surface area contributed by atoms with Gasteiger partial charge in [0.05, 0.1) is 25.1 Å². The number of rotatable bonds is 9. The normalized spacial score (nSPS) is 21.9. The van der Waals surface area contributed by atoms with E-state index < -0.39 is 10.0 Å². The Morgan fingerprint density at radius 2 is 2.00 bits per heavy atom. The van der Waals surface area contributed by atoms with Gasteiger partial charge in [-0.1, -0.05) is 6.92 Å². The van der Waals surface area contributed by atoms with Crippen LogP contribution in [-0.2, 0) is 19.5 Å². The maximum absolute atomic E-state index is 11.6. The van der Waals surface area contributed by atoms with Crippen molar-refractivity contribution < 1.29 is 17.9 Å². The van der Waals surface area contributed by atoms with Crippen LogP contribution in [0.5, 0.6) is 0 Å². The molecule has 2 heterocycles. The second kappa shape index (κ2) is 14.0. The summed E-state index contributed by atoms with van der Waals surface area (Å²) in [6.45, 7) is 7.01. The number of halogens is 1. The number of ether oxygens (including phenoxy) is 2. The van der Waals surface area contributed by atoms with Gasteiger partial charge in [-0.25, -0.2) is 12.7 Å². The van der Waals surface area contributed by atoms with Gasteiger partial charge in [0.25, 0.3) is 0 Å². The maximum Gasteiger partial charge on any atom is 0.211 e. The lowest BCUT2D eigenvalue weighted by atomic mass is 10.1. The van der Waals surface area contributed by atoms with Gasteiger partial charge in [0.15, 0.2) is 5.96 Å². The standard InChI is InChI=1S/C19H38N4O4S.HI/c1-4-23(28(3,24)25)12-7-11-21-19(20-2)22-13-9-17(10-14-22)27-16-18-8-5-6-15-26-18;/h17-18H,4-16H2,1-3H3,(H,20,21);1H. The van der Waals surface area contributed by atoms with E-state index in [0.717, 1.165) is 51.3 Å². The zero-order valence-corrected chi connectivity index (χ0v) is 21.3. The second-order valence-electron chi connectivity index (χ2n) is 7.59.